The summed E-state index contributed by atoms with van der Waals surface area (Å²) in [6, 6.07) is 5.03. The minimum atomic E-state index is -3.32. The van der Waals surface area contributed by atoms with Crippen LogP contribution in [0.1, 0.15) is 17.3 Å². The number of likely N-dealkylation sites (N-methyl/N-ethyl adjacent to an activating group) is 1. The van der Waals surface area contributed by atoms with Crippen molar-refractivity contribution in [3.8, 4) is 5.75 Å². The van der Waals surface area contributed by atoms with E-state index in [1.54, 1.807) is 30.1 Å². The second kappa shape index (κ2) is 6.37. The summed E-state index contributed by atoms with van der Waals surface area (Å²) in [5, 5.41) is 0. The number of hydrogen-bond acceptors (Lipinski definition) is 5. The number of para-hydroxylation sites is 1. The lowest BCUT2D eigenvalue weighted by molar-refractivity contribution is 0.0607. The Morgan fingerprint density at radius 2 is 2.09 bits per heavy atom. The minimum Gasteiger partial charge on any atom is -0.486 e. The SMILES string of the molecule is C[C@@H]1CN(C)C(=O)c2cccc(N)c2O[C@H]1CN(C)S(C)(=O)=O. The highest BCUT2D eigenvalue weighted by atomic mass is 32.2. The van der Waals surface area contributed by atoms with Crippen molar-refractivity contribution in [1.82, 2.24) is 9.21 Å². The first-order valence-corrected chi connectivity index (χ1v) is 9.18. The van der Waals surface area contributed by atoms with Gasteiger partial charge < -0.3 is 15.4 Å². The maximum atomic E-state index is 12.5. The molecule has 2 N–H and O–H groups in total. The van der Waals surface area contributed by atoms with Gasteiger partial charge in [0.2, 0.25) is 10.0 Å². The first kappa shape index (κ1) is 17.6. The van der Waals surface area contributed by atoms with Gasteiger partial charge >= 0.3 is 0 Å². The van der Waals surface area contributed by atoms with Crippen LogP contribution >= 0.6 is 0 Å². The maximum absolute atomic E-state index is 12.5. The summed E-state index contributed by atoms with van der Waals surface area (Å²) in [6.45, 7) is 2.58. The normalized spacial score (nSPS) is 22.3. The van der Waals surface area contributed by atoms with Gasteiger partial charge in [-0.15, -0.1) is 0 Å². The van der Waals surface area contributed by atoms with E-state index in [9.17, 15) is 13.2 Å². The van der Waals surface area contributed by atoms with E-state index in [4.69, 9.17) is 10.5 Å². The quantitative estimate of drug-likeness (QED) is 0.814. The predicted molar refractivity (Wildman–Crippen MR) is 88.9 cm³/mol. The second-order valence-corrected chi connectivity index (χ2v) is 8.18. The molecule has 2 atom stereocenters. The van der Waals surface area contributed by atoms with E-state index in [1.165, 1.54) is 11.4 Å². The standard InChI is InChI=1S/C15H23N3O4S/c1-10-8-17(2)15(19)11-6-5-7-12(16)14(11)22-13(10)9-18(3)23(4,20)21/h5-7,10,13H,8-9,16H2,1-4H3/t10-,13+/m1/s1. The highest BCUT2D eigenvalue weighted by Gasteiger charge is 2.31. The maximum Gasteiger partial charge on any atom is 0.257 e. The number of amides is 1. The highest BCUT2D eigenvalue weighted by molar-refractivity contribution is 7.88. The Morgan fingerprint density at radius 1 is 1.43 bits per heavy atom. The Kier molecular flexibility index (Phi) is 4.86. The van der Waals surface area contributed by atoms with Gasteiger partial charge in [-0.05, 0) is 12.1 Å². The van der Waals surface area contributed by atoms with Crippen LogP contribution in [-0.2, 0) is 10.0 Å². The Morgan fingerprint density at radius 3 is 2.70 bits per heavy atom. The van der Waals surface area contributed by atoms with E-state index >= 15 is 0 Å². The molecule has 0 aromatic heterocycles. The zero-order valence-corrected chi connectivity index (χ0v) is 14.6. The van der Waals surface area contributed by atoms with Crippen molar-refractivity contribution in [3.63, 3.8) is 0 Å². The fraction of sp³-hybridized carbons (Fsp3) is 0.533. The number of nitrogen functional groups attached to an aromatic ring is 1. The molecule has 7 nitrogen and oxygen atoms in total. The van der Waals surface area contributed by atoms with Crippen LogP contribution in [0.25, 0.3) is 0 Å². The van der Waals surface area contributed by atoms with E-state index in [1.807, 2.05) is 6.92 Å². The molecular weight excluding hydrogens is 318 g/mol. The van der Waals surface area contributed by atoms with E-state index in [-0.39, 0.29) is 18.4 Å². The van der Waals surface area contributed by atoms with Gasteiger partial charge in [-0.3, -0.25) is 4.79 Å². The molecule has 0 unspecified atom stereocenters. The Bertz CT molecular complexity index is 705. The van der Waals surface area contributed by atoms with Crippen molar-refractivity contribution < 1.29 is 17.9 Å². The summed E-state index contributed by atoms with van der Waals surface area (Å²) >= 11 is 0. The summed E-state index contributed by atoms with van der Waals surface area (Å²) in [7, 11) is -0.0919. The van der Waals surface area contributed by atoms with Crippen LogP contribution in [-0.4, -0.2) is 63.1 Å². The van der Waals surface area contributed by atoms with Gasteiger partial charge in [0.15, 0.2) is 5.75 Å². The van der Waals surface area contributed by atoms with Crippen molar-refractivity contribution >= 4 is 21.6 Å². The molecule has 0 saturated heterocycles. The van der Waals surface area contributed by atoms with Crippen LogP contribution in [0.4, 0.5) is 5.69 Å². The average Bonchev–Trinajstić information content (AvgIpc) is 2.45. The van der Waals surface area contributed by atoms with Crippen molar-refractivity contribution in [2.45, 2.75) is 13.0 Å². The Labute approximate surface area is 137 Å². The molecule has 0 aliphatic carbocycles. The summed E-state index contributed by atoms with van der Waals surface area (Å²) in [5.41, 5.74) is 6.73. The number of carbonyl (C=O) groups excluding carboxylic acids is 1. The average molecular weight is 341 g/mol. The summed E-state index contributed by atoms with van der Waals surface area (Å²) in [4.78, 5) is 14.1. The largest absolute Gasteiger partial charge is 0.486 e. The molecule has 8 heteroatoms. The number of anilines is 1. The van der Waals surface area contributed by atoms with Crippen molar-refractivity contribution in [2.24, 2.45) is 5.92 Å². The molecule has 2 rings (SSSR count). The zero-order valence-electron chi connectivity index (χ0n) is 13.8. The minimum absolute atomic E-state index is 0.0547. The summed E-state index contributed by atoms with van der Waals surface area (Å²) in [6.07, 6.45) is 0.743. The second-order valence-electron chi connectivity index (χ2n) is 6.09. The Balaban J connectivity index is 2.41. The van der Waals surface area contributed by atoms with E-state index in [0.29, 0.717) is 23.5 Å². The predicted octanol–water partition coefficient (Wildman–Crippen LogP) is 0.629. The molecule has 1 aromatic rings. The zero-order chi connectivity index (χ0) is 17.4. The summed E-state index contributed by atoms with van der Waals surface area (Å²) in [5.74, 6) is 0.109. The van der Waals surface area contributed by atoms with Crippen molar-refractivity contribution in [3.05, 3.63) is 23.8 Å². The highest BCUT2D eigenvalue weighted by Crippen LogP contribution is 2.32. The number of fused-ring (bicyclic) bond motifs is 1. The molecule has 23 heavy (non-hydrogen) atoms. The molecule has 1 heterocycles. The number of hydrogen-bond donors (Lipinski definition) is 1. The lowest BCUT2D eigenvalue weighted by atomic mass is 10.0. The third-order valence-corrected chi connectivity index (χ3v) is 5.37. The van der Waals surface area contributed by atoms with Crippen LogP contribution in [0.15, 0.2) is 18.2 Å². The van der Waals surface area contributed by atoms with Crippen LogP contribution < -0.4 is 10.5 Å². The van der Waals surface area contributed by atoms with Crippen molar-refractivity contribution in [2.75, 3.05) is 39.2 Å². The lowest BCUT2D eigenvalue weighted by Gasteiger charge is -2.34. The lowest BCUT2D eigenvalue weighted by Crippen LogP contribution is -2.46. The van der Waals surface area contributed by atoms with Crippen LogP contribution in [0.5, 0.6) is 5.75 Å². The summed E-state index contributed by atoms with van der Waals surface area (Å²) < 4.78 is 30.6. The molecule has 128 valence electrons. The number of sulfonamides is 1. The molecule has 0 fully saturated rings. The first-order valence-electron chi connectivity index (χ1n) is 7.33. The van der Waals surface area contributed by atoms with Crippen molar-refractivity contribution in [1.29, 1.82) is 0 Å². The fourth-order valence-corrected chi connectivity index (χ4v) is 2.98. The molecule has 1 aliphatic rings. The molecule has 1 aliphatic heterocycles. The molecule has 0 bridgehead atoms. The molecule has 0 saturated carbocycles. The molecule has 0 radical (unpaired) electrons. The van der Waals surface area contributed by atoms with Crippen LogP contribution in [0.2, 0.25) is 0 Å². The fourth-order valence-electron chi connectivity index (χ4n) is 2.57. The van der Waals surface area contributed by atoms with Gasteiger partial charge in [-0.1, -0.05) is 13.0 Å². The van der Waals surface area contributed by atoms with Crippen LogP contribution in [0, 0.1) is 5.92 Å². The molecule has 1 aromatic carbocycles. The van der Waals surface area contributed by atoms with Gasteiger partial charge in [0.1, 0.15) is 6.10 Å². The topological polar surface area (TPSA) is 92.9 Å². The third kappa shape index (κ3) is 3.76. The van der Waals surface area contributed by atoms with Crippen LogP contribution in [0.3, 0.4) is 0 Å². The number of benzene rings is 1. The number of carbonyl (C=O) groups is 1. The third-order valence-electron chi connectivity index (χ3n) is 4.09. The number of nitrogens with zero attached hydrogens (tertiary/aromatic N) is 2. The van der Waals surface area contributed by atoms with E-state index in [2.05, 4.69) is 0 Å². The first-order chi connectivity index (χ1) is 10.6. The number of rotatable bonds is 3. The van der Waals surface area contributed by atoms with Gasteiger partial charge in [0.05, 0.1) is 24.1 Å². The van der Waals surface area contributed by atoms with E-state index < -0.39 is 16.1 Å². The molecule has 0 spiro atoms. The molecular formula is C15H23N3O4S. The Hall–Kier alpha value is -1.80. The number of ether oxygens (including phenoxy) is 1. The van der Waals surface area contributed by atoms with Gasteiger partial charge in [0, 0.05) is 26.6 Å². The van der Waals surface area contributed by atoms with Gasteiger partial charge in [-0.25, -0.2) is 12.7 Å². The smallest absolute Gasteiger partial charge is 0.257 e. The van der Waals surface area contributed by atoms with Gasteiger partial charge in [0.25, 0.3) is 5.91 Å². The monoisotopic (exact) mass is 341 g/mol. The number of nitrogens with two attached hydrogens (primary N) is 1. The van der Waals surface area contributed by atoms with Gasteiger partial charge in [-0.2, -0.15) is 0 Å². The molecule has 1 amide bonds. The van der Waals surface area contributed by atoms with E-state index in [0.717, 1.165) is 6.26 Å².